The molecule has 0 N–H and O–H groups in total. The molecule has 0 aliphatic heterocycles. The van der Waals surface area contributed by atoms with E-state index in [2.05, 4.69) is 93.9 Å². The average molecular weight is 353 g/mol. The number of hydrogen-bond acceptors (Lipinski definition) is 0. The molecule has 1 aliphatic rings. The molecule has 128 valence electrons. The summed E-state index contributed by atoms with van der Waals surface area (Å²) in [5.41, 5.74) is 5.60. The lowest BCUT2D eigenvalue weighted by Crippen LogP contribution is -2.36. The van der Waals surface area contributed by atoms with Gasteiger partial charge in [-0.2, -0.15) is 0 Å². The average Bonchev–Trinajstić information content (AvgIpc) is 2.81. The molecule has 0 saturated carbocycles. The molecule has 0 bridgehead atoms. The first-order chi connectivity index (χ1) is 11.2. The Kier molecular flexibility index (Phi) is 4.65. The number of rotatable bonds is 4. The minimum Gasteiger partial charge on any atom is -0.0695 e. The van der Waals surface area contributed by atoms with Crippen molar-refractivity contribution in [2.45, 2.75) is 62.7 Å². The minimum absolute atomic E-state index is 0.593. The van der Waals surface area contributed by atoms with E-state index >= 15 is 0 Å². The van der Waals surface area contributed by atoms with Crippen molar-refractivity contribution in [2.24, 2.45) is 0 Å². The van der Waals surface area contributed by atoms with Crippen molar-refractivity contribution in [2.75, 3.05) is 0 Å². The molecule has 3 rings (SSSR count). The van der Waals surface area contributed by atoms with Crippen LogP contribution in [0.1, 0.15) is 28.5 Å². The standard InChI is InChI=1S/C22H32Si2/c1-23(2,3)16-20-18-14-10-11-15-19(18)21(22(20)24(4,5)6)17-12-8-7-9-13-17/h7-15,20-22H,16H2,1-6H3/t20-,21-,22-/m1/s1. The Bertz CT molecular complexity index is 692. The zero-order chi connectivity index (χ0) is 17.5. The number of hydrogen-bond donors (Lipinski definition) is 0. The van der Waals surface area contributed by atoms with Gasteiger partial charge >= 0.3 is 0 Å². The molecule has 0 spiro atoms. The Morgan fingerprint density at radius 2 is 1.25 bits per heavy atom. The molecule has 0 radical (unpaired) electrons. The van der Waals surface area contributed by atoms with E-state index in [0.29, 0.717) is 5.92 Å². The molecular weight excluding hydrogens is 320 g/mol. The topological polar surface area (TPSA) is 0 Å². The third kappa shape index (κ3) is 3.45. The SMILES string of the molecule is C[Si](C)(C)C[C@@H]1c2ccccc2[C@@H](c2ccccc2)[C@@H]1[Si](C)(C)C. The second-order valence-electron chi connectivity index (χ2n) is 9.78. The van der Waals surface area contributed by atoms with Gasteiger partial charge in [-0.25, -0.2) is 0 Å². The van der Waals surface area contributed by atoms with Gasteiger partial charge in [-0.05, 0) is 28.1 Å². The summed E-state index contributed by atoms with van der Waals surface area (Å²) in [4.78, 5) is 0. The van der Waals surface area contributed by atoms with E-state index in [1.807, 2.05) is 0 Å². The maximum Gasteiger partial charge on any atom is 0.0490 e. The molecule has 0 nitrogen and oxygen atoms in total. The maximum absolute atomic E-state index is 2.58. The van der Waals surface area contributed by atoms with Gasteiger partial charge in [0.05, 0.1) is 0 Å². The van der Waals surface area contributed by atoms with Crippen LogP contribution in [0.15, 0.2) is 54.6 Å². The van der Waals surface area contributed by atoms with Crippen molar-refractivity contribution < 1.29 is 0 Å². The maximum atomic E-state index is 2.58. The molecule has 0 unspecified atom stereocenters. The normalized spacial score (nSPS) is 24.0. The lowest BCUT2D eigenvalue weighted by molar-refractivity contribution is 0.652. The zero-order valence-electron chi connectivity index (χ0n) is 16.1. The summed E-state index contributed by atoms with van der Waals surface area (Å²) in [6.07, 6.45) is 0. The van der Waals surface area contributed by atoms with Crippen LogP contribution in [0.25, 0.3) is 0 Å². The fourth-order valence-electron chi connectivity index (χ4n) is 4.80. The van der Waals surface area contributed by atoms with Crippen molar-refractivity contribution in [3.8, 4) is 0 Å². The fourth-order valence-corrected chi connectivity index (χ4v) is 9.70. The largest absolute Gasteiger partial charge is 0.0695 e. The van der Waals surface area contributed by atoms with Gasteiger partial charge in [-0.1, -0.05) is 99.9 Å². The summed E-state index contributed by atoms with van der Waals surface area (Å²) in [5.74, 6) is 1.35. The molecule has 2 aromatic carbocycles. The summed E-state index contributed by atoms with van der Waals surface area (Å²) >= 11 is 0. The van der Waals surface area contributed by atoms with E-state index in [1.54, 1.807) is 11.1 Å². The van der Waals surface area contributed by atoms with Crippen LogP contribution in [-0.2, 0) is 0 Å². The van der Waals surface area contributed by atoms with Crippen LogP contribution in [0, 0.1) is 0 Å². The predicted octanol–water partition coefficient (Wildman–Crippen LogP) is 6.96. The molecule has 1 aliphatic carbocycles. The molecule has 3 atom stereocenters. The molecule has 0 saturated heterocycles. The first kappa shape index (κ1) is 17.7. The zero-order valence-corrected chi connectivity index (χ0v) is 18.1. The van der Waals surface area contributed by atoms with Crippen LogP contribution in [0.2, 0.25) is 50.9 Å². The second kappa shape index (κ2) is 6.31. The molecular formula is C22H32Si2. The number of benzene rings is 2. The second-order valence-corrected chi connectivity index (χ2v) is 20.7. The summed E-state index contributed by atoms with van der Waals surface area (Å²) in [5, 5.41) is 0. The third-order valence-corrected chi connectivity index (χ3v) is 9.91. The van der Waals surface area contributed by atoms with Gasteiger partial charge < -0.3 is 0 Å². The van der Waals surface area contributed by atoms with Crippen LogP contribution in [-0.4, -0.2) is 16.1 Å². The first-order valence-electron chi connectivity index (χ1n) is 9.32. The highest BCUT2D eigenvalue weighted by Gasteiger charge is 2.48. The van der Waals surface area contributed by atoms with Gasteiger partial charge in [-0.3, -0.25) is 0 Å². The van der Waals surface area contributed by atoms with Gasteiger partial charge in [0.2, 0.25) is 0 Å². The van der Waals surface area contributed by atoms with Crippen LogP contribution < -0.4 is 0 Å². The summed E-state index contributed by atoms with van der Waals surface area (Å²) < 4.78 is 0. The highest BCUT2D eigenvalue weighted by molar-refractivity contribution is 6.79. The van der Waals surface area contributed by atoms with E-state index < -0.39 is 16.1 Å². The third-order valence-electron chi connectivity index (χ3n) is 5.51. The van der Waals surface area contributed by atoms with E-state index in [0.717, 1.165) is 11.5 Å². The highest BCUT2D eigenvalue weighted by atomic mass is 28.3. The van der Waals surface area contributed by atoms with Crippen molar-refractivity contribution in [1.82, 2.24) is 0 Å². The van der Waals surface area contributed by atoms with Crippen LogP contribution >= 0.6 is 0 Å². The van der Waals surface area contributed by atoms with Crippen LogP contribution in [0.4, 0.5) is 0 Å². The van der Waals surface area contributed by atoms with Gasteiger partial charge in [0.25, 0.3) is 0 Å². The van der Waals surface area contributed by atoms with Crippen molar-refractivity contribution in [1.29, 1.82) is 0 Å². The van der Waals surface area contributed by atoms with Gasteiger partial charge in [-0.15, -0.1) is 0 Å². The Morgan fingerprint density at radius 1 is 0.708 bits per heavy atom. The smallest absolute Gasteiger partial charge is 0.0490 e. The van der Waals surface area contributed by atoms with E-state index in [-0.39, 0.29) is 0 Å². The van der Waals surface area contributed by atoms with Crippen molar-refractivity contribution in [3.05, 3.63) is 71.3 Å². The van der Waals surface area contributed by atoms with E-state index in [9.17, 15) is 0 Å². The molecule has 0 aromatic heterocycles. The van der Waals surface area contributed by atoms with E-state index in [4.69, 9.17) is 0 Å². The lowest BCUT2D eigenvalue weighted by atomic mass is 9.92. The Hall–Kier alpha value is -1.13. The van der Waals surface area contributed by atoms with Crippen LogP contribution in [0.5, 0.6) is 0 Å². The highest BCUT2D eigenvalue weighted by Crippen LogP contribution is 2.59. The van der Waals surface area contributed by atoms with Gasteiger partial charge in [0, 0.05) is 22.1 Å². The van der Waals surface area contributed by atoms with Crippen molar-refractivity contribution >= 4 is 16.1 Å². The number of fused-ring (bicyclic) bond motifs is 1. The summed E-state index contributed by atoms with van der Waals surface area (Å²) in [6, 6.07) is 22.0. The Labute approximate surface area is 150 Å². The quantitative estimate of drug-likeness (QED) is 0.522. The predicted molar refractivity (Wildman–Crippen MR) is 113 cm³/mol. The molecule has 0 heterocycles. The van der Waals surface area contributed by atoms with E-state index in [1.165, 1.54) is 11.6 Å². The fraction of sp³-hybridized carbons (Fsp3) is 0.455. The van der Waals surface area contributed by atoms with Crippen LogP contribution in [0.3, 0.4) is 0 Å². The Morgan fingerprint density at radius 3 is 1.79 bits per heavy atom. The minimum atomic E-state index is -1.31. The van der Waals surface area contributed by atoms with Gasteiger partial charge in [0.1, 0.15) is 0 Å². The van der Waals surface area contributed by atoms with Crippen molar-refractivity contribution in [3.63, 3.8) is 0 Å². The first-order valence-corrected chi connectivity index (χ1v) is 16.6. The monoisotopic (exact) mass is 352 g/mol. The molecule has 2 heteroatoms. The molecule has 2 aromatic rings. The molecule has 0 amide bonds. The molecule has 0 fully saturated rings. The summed E-state index contributed by atoms with van der Waals surface area (Å²) in [6.45, 7) is 15.3. The molecule has 24 heavy (non-hydrogen) atoms. The lowest BCUT2D eigenvalue weighted by Gasteiger charge is -2.38. The Balaban J connectivity index is 2.16. The summed E-state index contributed by atoms with van der Waals surface area (Å²) in [7, 11) is -2.43. The van der Waals surface area contributed by atoms with Gasteiger partial charge in [0.15, 0.2) is 0 Å².